The van der Waals surface area contributed by atoms with Gasteiger partial charge >= 0.3 is 5.97 Å². The van der Waals surface area contributed by atoms with Crippen LogP contribution in [-0.2, 0) is 20.9 Å². The number of para-hydroxylation sites is 2. The molecular weight excluding hydrogens is 358 g/mol. The molecule has 0 unspecified atom stereocenters. The van der Waals surface area contributed by atoms with Crippen molar-refractivity contribution >= 4 is 28.5 Å². The number of aromatic nitrogens is 2. The number of H-pyrrole nitrogens is 1. The topological polar surface area (TPSA) is 105 Å². The number of aliphatic imine (C=N–C) groups is 1. The number of ketones is 1. The second-order valence-corrected chi connectivity index (χ2v) is 7.80. The number of methoxy groups -OCH3 is 1. The number of ether oxygens (including phenoxy) is 1. The number of aliphatic hydroxyl groups is 1. The van der Waals surface area contributed by atoms with Gasteiger partial charge in [-0.05, 0) is 24.0 Å². The molecule has 28 heavy (non-hydrogen) atoms. The van der Waals surface area contributed by atoms with E-state index in [2.05, 4.69) is 19.7 Å². The van der Waals surface area contributed by atoms with Gasteiger partial charge in [0.1, 0.15) is 11.6 Å². The van der Waals surface area contributed by atoms with Crippen LogP contribution in [0.5, 0.6) is 0 Å². The lowest BCUT2D eigenvalue weighted by atomic mass is 9.73. The summed E-state index contributed by atoms with van der Waals surface area (Å²) in [5.41, 5.74) is 2.34. The predicted molar refractivity (Wildman–Crippen MR) is 106 cm³/mol. The van der Waals surface area contributed by atoms with E-state index in [1.807, 2.05) is 38.1 Å². The largest absolute Gasteiger partial charge is 0.511 e. The molecule has 1 aromatic heterocycles. The van der Waals surface area contributed by atoms with E-state index in [1.54, 1.807) is 0 Å². The number of aliphatic hydroxyl groups excluding tert-OH is 1. The zero-order chi connectivity index (χ0) is 20.3. The van der Waals surface area contributed by atoms with Crippen molar-refractivity contribution in [1.29, 1.82) is 0 Å². The lowest BCUT2D eigenvalue weighted by Crippen LogP contribution is -2.33. The highest BCUT2D eigenvalue weighted by Crippen LogP contribution is 2.36. The number of nitrogens with one attached hydrogen (secondary N) is 1. The highest BCUT2D eigenvalue weighted by molar-refractivity contribution is 6.24. The number of rotatable bonds is 5. The molecule has 0 radical (unpaired) electrons. The number of carbonyl (C=O) groups excluding carboxylic acids is 2. The van der Waals surface area contributed by atoms with Crippen molar-refractivity contribution in [2.75, 3.05) is 7.11 Å². The zero-order valence-corrected chi connectivity index (χ0v) is 16.4. The molecule has 0 atom stereocenters. The van der Waals surface area contributed by atoms with E-state index in [0.717, 1.165) is 11.0 Å². The molecule has 0 bridgehead atoms. The molecule has 1 aliphatic carbocycles. The van der Waals surface area contributed by atoms with Gasteiger partial charge in [0.05, 0.1) is 42.4 Å². The van der Waals surface area contributed by atoms with Crippen molar-refractivity contribution in [2.45, 2.75) is 46.1 Å². The molecule has 148 valence electrons. The maximum atomic E-state index is 12.7. The minimum Gasteiger partial charge on any atom is -0.511 e. The van der Waals surface area contributed by atoms with Gasteiger partial charge < -0.3 is 14.8 Å². The van der Waals surface area contributed by atoms with Gasteiger partial charge in [0.25, 0.3) is 0 Å². The molecule has 0 amide bonds. The minimum absolute atomic E-state index is 0.0133. The Bertz CT molecular complexity index is 936. The molecule has 2 N–H and O–H groups in total. The van der Waals surface area contributed by atoms with Gasteiger partial charge in [0.15, 0.2) is 5.78 Å². The number of benzene rings is 1. The lowest BCUT2D eigenvalue weighted by Gasteiger charge is -2.31. The number of allylic oxidation sites excluding steroid dienone is 2. The van der Waals surface area contributed by atoms with Crippen LogP contribution in [0.2, 0.25) is 0 Å². The third-order valence-electron chi connectivity index (χ3n) is 4.79. The van der Waals surface area contributed by atoms with Crippen LogP contribution in [-0.4, -0.2) is 39.6 Å². The number of fused-ring (bicyclic) bond motifs is 1. The van der Waals surface area contributed by atoms with Gasteiger partial charge in [0, 0.05) is 12.8 Å². The second-order valence-electron chi connectivity index (χ2n) is 7.80. The number of esters is 1. The van der Waals surface area contributed by atoms with Gasteiger partial charge in [-0.3, -0.25) is 14.6 Å². The molecule has 0 spiro atoms. The Morgan fingerprint density at radius 1 is 1.29 bits per heavy atom. The van der Waals surface area contributed by atoms with Crippen molar-refractivity contribution in [3.63, 3.8) is 0 Å². The summed E-state index contributed by atoms with van der Waals surface area (Å²) in [4.78, 5) is 36.4. The predicted octanol–water partition coefficient (Wildman–Crippen LogP) is 3.66. The first-order chi connectivity index (χ1) is 13.3. The van der Waals surface area contributed by atoms with Crippen LogP contribution in [0.25, 0.3) is 11.0 Å². The van der Waals surface area contributed by atoms with Crippen LogP contribution >= 0.6 is 0 Å². The summed E-state index contributed by atoms with van der Waals surface area (Å²) in [5.74, 6) is 0.00524. The second kappa shape index (κ2) is 7.96. The van der Waals surface area contributed by atoms with Crippen LogP contribution in [0.4, 0.5) is 0 Å². The van der Waals surface area contributed by atoms with Crippen LogP contribution in [0.3, 0.4) is 0 Å². The first-order valence-corrected chi connectivity index (χ1v) is 9.28. The van der Waals surface area contributed by atoms with Gasteiger partial charge in [-0.1, -0.05) is 26.0 Å². The van der Waals surface area contributed by atoms with Gasteiger partial charge in [-0.2, -0.15) is 0 Å². The summed E-state index contributed by atoms with van der Waals surface area (Å²) in [6.45, 7) is 4.29. The SMILES string of the molecule is COC(=O)CCC(O)=C1C(=O)CC(C)(C)CC1=NCc1nc2ccccc2[nH]1. The highest BCUT2D eigenvalue weighted by atomic mass is 16.5. The van der Waals surface area contributed by atoms with Crippen molar-refractivity contribution in [1.82, 2.24) is 9.97 Å². The normalized spacial score (nSPS) is 19.8. The van der Waals surface area contributed by atoms with E-state index in [4.69, 9.17) is 0 Å². The maximum Gasteiger partial charge on any atom is 0.305 e. The number of aromatic amines is 1. The monoisotopic (exact) mass is 383 g/mol. The molecule has 7 nitrogen and oxygen atoms in total. The summed E-state index contributed by atoms with van der Waals surface area (Å²) in [6, 6.07) is 7.70. The first kappa shape index (κ1) is 19.8. The van der Waals surface area contributed by atoms with Crippen molar-refractivity contribution in [3.05, 3.63) is 41.4 Å². The molecule has 0 saturated heterocycles. The minimum atomic E-state index is -0.434. The Labute approximate surface area is 163 Å². The third kappa shape index (κ3) is 4.47. The molecule has 2 aromatic rings. The summed E-state index contributed by atoms with van der Waals surface area (Å²) in [5, 5.41) is 10.5. The molecule has 7 heteroatoms. The molecule has 3 rings (SSSR count). The molecule has 1 heterocycles. The van der Waals surface area contributed by atoms with Crippen molar-refractivity contribution < 1.29 is 19.4 Å². The van der Waals surface area contributed by atoms with E-state index in [-0.39, 0.29) is 41.9 Å². The zero-order valence-electron chi connectivity index (χ0n) is 16.4. The lowest BCUT2D eigenvalue weighted by molar-refractivity contribution is -0.140. The van der Waals surface area contributed by atoms with E-state index >= 15 is 0 Å². The van der Waals surface area contributed by atoms with E-state index in [9.17, 15) is 14.7 Å². The average Bonchev–Trinajstić information content (AvgIpc) is 3.06. The van der Waals surface area contributed by atoms with Gasteiger partial charge in [-0.15, -0.1) is 0 Å². The summed E-state index contributed by atoms with van der Waals surface area (Å²) < 4.78 is 4.61. The summed E-state index contributed by atoms with van der Waals surface area (Å²) in [7, 11) is 1.29. The smallest absolute Gasteiger partial charge is 0.305 e. The van der Waals surface area contributed by atoms with Crippen LogP contribution < -0.4 is 0 Å². The first-order valence-electron chi connectivity index (χ1n) is 9.28. The van der Waals surface area contributed by atoms with Crippen LogP contribution in [0.1, 0.15) is 45.4 Å². The molecule has 1 saturated carbocycles. The fourth-order valence-corrected chi connectivity index (χ4v) is 3.45. The van der Waals surface area contributed by atoms with Crippen molar-refractivity contribution in [2.24, 2.45) is 10.4 Å². The Morgan fingerprint density at radius 3 is 2.75 bits per heavy atom. The van der Waals surface area contributed by atoms with E-state index in [1.165, 1.54) is 7.11 Å². The third-order valence-corrected chi connectivity index (χ3v) is 4.79. The van der Waals surface area contributed by atoms with Gasteiger partial charge in [0.2, 0.25) is 0 Å². The van der Waals surface area contributed by atoms with Crippen molar-refractivity contribution in [3.8, 4) is 0 Å². The molecule has 1 aliphatic rings. The summed E-state index contributed by atoms with van der Waals surface area (Å²) >= 11 is 0. The fourth-order valence-electron chi connectivity index (χ4n) is 3.45. The Morgan fingerprint density at radius 2 is 2.04 bits per heavy atom. The number of imidazole rings is 1. The van der Waals surface area contributed by atoms with E-state index < -0.39 is 5.97 Å². The highest BCUT2D eigenvalue weighted by Gasteiger charge is 2.36. The quantitative estimate of drug-likeness (QED) is 0.466. The van der Waals surface area contributed by atoms with Gasteiger partial charge in [-0.25, -0.2) is 4.98 Å². The van der Waals surface area contributed by atoms with Crippen LogP contribution in [0, 0.1) is 5.41 Å². The number of hydrogen-bond donors (Lipinski definition) is 2. The van der Waals surface area contributed by atoms with E-state index in [0.29, 0.717) is 24.4 Å². The molecular formula is C21H25N3O4. The Kier molecular flexibility index (Phi) is 5.63. The maximum absolute atomic E-state index is 12.7. The number of carbonyl (C=O) groups is 2. The summed E-state index contributed by atoms with van der Waals surface area (Å²) in [6.07, 6.45) is 0.960. The number of hydrogen-bond acceptors (Lipinski definition) is 6. The average molecular weight is 383 g/mol. The Balaban J connectivity index is 1.89. The standard InChI is InChI=1S/C21H25N3O4/c1-21(2)10-15(20(17(26)11-21)16(25)8-9-19(27)28-3)22-12-18-23-13-6-4-5-7-14(13)24-18/h4-7,25H,8-12H2,1-3H3,(H,23,24). The molecule has 0 aliphatic heterocycles. The number of nitrogens with zero attached hydrogens (tertiary/aromatic N) is 2. The number of Topliss-reactive ketones (excluding diaryl/α,β-unsaturated/α-hetero) is 1. The molecule has 1 aromatic carbocycles. The fraction of sp³-hybridized carbons (Fsp3) is 0.429. The molecule has 1 fully saturated rings. The Hall–Kier alpha value is -2.96. The van der Waals surface area contributed by atoms with Crippen LogP contribution in [0.15, 0.2) is 40.6 Å².